The van der Waals surface area contributed by atoms with Gasteiger partial charge in [0.1, 0.15) is 6.10 Å². The van der Waals surface area contributed by atoms with E-state index in [4.69, 9.17) is 4.74 Å². The molecule has 3 atom stereocenters. The van der Waals surface area contributed by atoms with Gasteiger partial charge in [-0.3, -0.25) is 4.79 Å². The van der Waals surface area contributed by atoms with E-state index in [2.05, 4.69) is 33.8 Å². The van der Waals surface area contributed by atoms with E-state index in [1.165, 1.54) is 39.0 Å². The molecule has 0 aromatic carbocycles. The Morgan fingerprint density at radius 1 is 1.38 bits per heavy atom. The lowest BCUT2D eigenvalue weighted by Gasteiger charge is -2.36. The van der Waals surface area contributed by atoms with Crippen molar-refractivity contribution in [3.8, 4) is 0 Å². The largest absolute Gasteiger partial charge is 0.458 e. The molecular formula is C19H32O2. The van der Waals surface area contributed by atoms with Gasteiger partial charge in [-0.2, -0.15) is 0 Å². The summed E-state index contributed by atoms with van der Waals surface area (Å²) in [6.45, 7) is 11.0. The molecule has 0 aromatic rings. The van der Waals surface area contributed by atoms with Crippen molar-refractivity contribution in [1.29, 1.82) is 0 Å². The Bertz CT molecular complexity index is 421. The summed E-state index contributed by atoms with van der Waals surface area (Å²) in [6.07, 6.45) is 10.7. The molecule has 2 rings (SSSR count). The molecule has 0 unspecified atom stereocenters. The minimum absolute atomic E-state index is 0.0176. The molecule has 0 aliphatic heterocycles. The lowest BCUT2D eigenvalue weighted by atomic mass is 9.69. The zero-order valence-corrected chi connectivity index (χ0v) is 14.5. The Balaban J connectivity index is 2.13. The van der Waals surface area contributed by atoms with Gasteiger partial charge >= 0.3 is 5.97 Å². The van der Waals surface area contributed by atoms with Gasteiger partial charge in [0.05, 0.1) is 0 Å². The monoisotopic (exact) mass is 292 g/mol. The van der Waals surface area contributed by atoms with Gasteiger partial charge in [-0.05, 0) is 54.9 Å². The Morgan fingerprint density at radius 2 is 2.10 bits per heavy atom. The van der Waals surface area contributed by atoms with Crippen molar-refractivity contribution in [3.05, 3.63) is 11.6 Å². The summed E-state index contributed by atoms with van der Waals surface area (Å²) in [5.41, 5.74) is 2.25. The van der Waals surface area contributed by atoms with E-state index in [0.717, 1.165) is 18.8 Å². The molecule has 0 heterocycles. The molecule has 2 fully saturated rings. The van der Waals surface area contributed by atoms with Crippen LogP contribution in [0.5, 0.6) is 0 Å². The molecule has 0 spiro atoms. The fourth-order valence-electron chi connectivity index (χ4n) is 4.48. The number of allylic oxidation sites excluding steroid dienone is 1. The maximum atomic E-state index is 11.4. The van der Waals surface area contributed by atoms with E-state index in [0.29, 0.717) is 10.8 Å². The van der Waals surface area contributed by atoms with Crippen LogP contribution in [0.2, 0.25) is 0 Å². The zero-order valence-electron chi connectivity index (χ0n) is 14.5. The van der Waals surface area contributed by atoms with Crippen molar-refractivity contribution in [2.45, 2.75) is 85.7 Å². The number of unbranched alkanes of at least 4 members (excludes halogenated alkanes) is 2. The third kappa shape index (κ3) is 3.05. The maximum absolute atomic E-state index is 11.4. The number of rotatable bonds is 6. The van der Waals surface area contributed by atoms with Crippen LogP contribution in [0.3, 0.4) is 0 Å². The van der Waals surface area contributed by atoms with Crippen LogP contribution in [0, 0.1) is 16.7 Å². The molecule has 2 nitrogen and oxygen atoms in total. The van der Waals surface area contributed by atoms with E-state index < -0.39 is 0 Å². The lowest BCUT2D eigenvalue weighted by Crippen LogP contribution is -2.28. The second kappa shape index (κ2) is 6.14. The summed E-state index contributed by atoms with van der Waals surface area (Å²) in [5, 5.41) is 0. The number of esters is 1. The van der Waals surface area contributed by atoms with E-state index in [1.807, 2.05) is 0 Å². The van der Waals surface area contributed by atoms with Crippen molar-refractivity contribution >= 4 is 5.97 Å². The predicted molar refractivity (Wildman–Crippen MR) is 87.0 cm³/mol. The van der Waals surface area contributed by atoms with Gasteiger partial charge in [-0.1, -0.05) is 46.1 Å². The SMILES string of the molecule is CCCCC[C@H](/C=C1\C[C@H]2CC[C@]1(C)C2(C)C)OC(C)=O. The molecule has 120 valence electrons. The summed E-state index contributed by atoms with van der Waals surface area (Å²) < 4.78 is 5.56. The number of fused-ring (bicyclic) bond motifs is 2. The summed E-state index contributed by atoms with van der Waals surface area (Å²) in [4.78, 5) is 11.4. The van der Waals surface area contributed by atoms with Crippen molar-refractivity contribution in [2.75, 3.05) is 0 Å². The Morgan fingerprint density at radius 3 is 2.57 bits per heavy atom. The molecule has 2 heteroatoms. The smallest absolute Gasteiger partial charge is 0.303 e. The number of carbonyl (C=O) groups is 1. The summed E-state index contributed by atoms with van der Waals surface area (Å²) in [7, 11) is 0. The van der Waals surface area contributed by atoms with Crippen LogP contribution < -0.4 is 0 Å². The van der Waals surface area contributed by atoms with Crippen LogP contribution in [-0.2, 0) is 9.53 Å². The molecule has 2 aliphatic carbocycles. The second-order valence-corrected chi connectivity index (χ2v) is 7.83. The summed E-state index contributed by atoms with van der Waals surface area (Å²) in [5.74, 6) is 0.656. The maximum Gasteiger partial charge on any atom is 0.303 e. The van der Waals surface area contributed by atoms with Gasteiger partial charge in [-0.25, -0.2) is 0 Å². The van der Waals surface area contributed by atoms with Crippen LogP contribution in [0.1, 0.15) is 79.6 Å². The van der Waals surface area contributed by atoms with Crippen LogP contribution >= 0.6 is 0 Å². The van der Waals surface area contributed by atoms with Crippen molar-refractivity contribution in [2.24, 2.45) is 16.7 Å². The van der Waals surface area contributed by atoms with Crippen molar-refractivity contribution in [3.63, 3.8) is 0 Å². The van der Waals surface area contributed by atoms with E-state index >= 15 is 0 Å². The van der Waals surface area contributed by atoms with Crippen molar-refractivity contribution in [1.82, 2.24) is 0 Å². The molecule has 0 amide bonds. The van der Waals surface area contributed by atoms with Gasteiger partial charge in [-0.15, -0.1) is 0 Å². The molecule has 0 saturated heterocycles. The molecule has 2 saturated carbocycles. The first-order valence-electron chi connectivity index (χ1n) is 8.69. The third-order valence-electron chi connectivity index (χ3n) is 6.41. The first-order valence-corrected chi connectivity index (χ1v) is 8.69. The van der Waals surface area contributed by atoms with E-state index in [-0.39, 0.29) is 12.1 Å². The van der Waals surface area contributed by atoms with Gasteiger partial charge < -0.3 is 4.74 Å². The molecule has 21 heavy (non-hydrogen) atoms. The average Bonchev–Trinajstić information content (AvgIpc) is 2.71. The Hall–Kier alpha value is -0.790. The van der Waals surface area contributed by atoms with Gasteiger partial charge in [0.2, 0.25) is 0 Å². The number of hydrogen-bond donors (Lipinski definition) is 0. The minimum Gasteiger partial charge on any atom is -0.458 e. The van der Waals surface area contributed by atoms with Crippen LogP contribution in [0.25, 0.3) is 0 Å². The van der Waals surface area contributed by atoms with Crippen LogP contribution in [0.4, 0.5) is 0 Å². The third-order valence-corrected chi connectivity index (χ3v) is 6.41. The molecule has 0 aromatic heterocycles. The highest BCUT2D eigenvalue weighted by Crippen LogP contribution is 2.67. The first-order chi connectivity index (χ1) is 9.81. The number of carbonyl (C=O) groups excluding carboxylic acids is 1. The topological polar surface area (TPSA) is 26.3 Å². The Kier molecular flexibility index (Phi) is 4.85. The van der Waals surface area contributed by atoms with Gasteiger partial charge in [0, 0.05) is 6.92 Å². The highest BCUT2D eigenvalue weighted by atomic mass is 16.5. The van der Waals surface area contributed by atoms with E-state index in [1.54, 1.807) is 5.57 Å². The summed E-state index contributed by atoms with van der Waals surface area (Å²) >= 11 is 0. The highest BCUT2D eigenvalue weighted by Gasteiger charge is 2.58. The molecule has 0 N–H and O–H groups in total. The second-order valence-electron chi connectivity index (χ2n) is 7.83. The fraction of sp³-hybridized carbons (Fsp3) is 0.842. The predicted octanol–water partition coefficient (Wildman–Crippen LogP) is 5.27. The zero-order chi connectivity index (χ0) is 15.7. The number of hydrogen-bond acceptors (Lipinski definition) is 2. The van der Waals surface area contributed by atoms with Gasteiger partial charge in [0.25, 0.3) is 0 Å². The van der Waals surface area contributed by atoms with E-state index in [9.17, 15) is 4.79 Å². The van der Waals surface area contributed by atoms with Crippen LogP contribution in [0.15, 0.2) is 11.6 Å². The quantitative estimate of drug-likeness (QED) is 0.378. The lowest BCUT2D eigenvalue weighted by molar-refractivity contribution is -0.144. The molecule has 2 bridgehead atoms. The molecule has 0 radical (unpaired) electrons. The average molecular weight is 292 g/mol. The minimum atomic E-state index is -0.152. The summed E-state index contributed by atoms with van der Waals surface area (Å²) in [6, 6.07) is 0. The normalized spacial score (nSPS) is 33.4. The van der Waals surface area contributed by atoms with Gasteiger partial charge in [0.15, 0.2) is 0 Å². The number of ether oxygens (including phenoxy) is 1. The molecule has 2 aliphatic rings. The fourth-order valence-corrected chi connectivity index (χ4v) is 4.48. The standard InChI is InChI=1S/C19H32O2/c1-6-7-8-9-17(21-14(2)20)13-16-12-15-10-11-19(16,5)18(15,3)4/h13,15,17H,6-12H2,1-5H3/b16-13+/t15-,17-,19+/m1/s1. The first kappa shape index (κ1) is 16.6. The molecular weight excluding hydrogens is 260 g/mol. The van der Waals surface area contributed by atoms with Crippen LogP contribution in [-0.4, -0.2) is 12.1 Å². The Labute approximate surface area is 130 Å². The highest BCUT2D eigenvalue weighted by molar-refractivity contribution is 5.66. The van der Waals surface area contributed by atoms with Crippen molar-refractivity contribution < 1.29 is 9.53 Å².